The SMILES string of the molecule is CN1C(=O)C[C@@](C)(c2cccc(Nc3c(N)ccc(Cl)c3C(F)(F)F)c2)N/C1=N\C(=O)O. The van der Waals surface area contributed by atoms with E-state index in [4.69, 9.17) is 22.4 Å². The Morgan fingerprint density at radius 3 is 2.66 bits per heavy atom. The number of nitrogens with one attached hydrogen (secondary N) is 2. The Morgan fingerprint density at radius 1 is 1.34 bits per heavy atom. The van der Waals surface area contributed by atoms with Gasteiger partial charge in [0.15, 0.2) is 0 Å². The Morgan fingerprint density at radius 2 is 2.03 bits per heavy atom. The Labute approximate surface area is 185 Å². The van der Waals surface area contributed by atoms with Gasteiger partial charge in [0.1, 0.15) is 0 Å². The molecule has 8 nitrogen and oxygen atoms in total. The number of halogens is 4. The molecule has 2 aromatic carbocycles. The van der Waals surface area contributed by atoms with E-state index in [0.717, 1.165) is 11.0 Å². The molecule has 1 aliphatic heterocycles. The number of alkyl halides is 3. The van der Waals surface area contributed by atoms with E-state index >= 15 is 0 Å². The molecule has 2 aromatic rings. The van der Waals surface area contributed by atoms with Gasteiger partial charge >= 0.3 is 12.3 Å². The maximum atomic E-state index is 13.6. The number of carbonyl (C=O) groups is 2. The van der Waals surface area contributed by atoms with Crippen molar-refractivity contribution in [3.8, 4) is 0 Å². The van der Waals surface area contributed by atoms with Gasteiger partial charge < -0.3 is 21.5 Å². The minimum absolute atomic E-state index is 0.0430. The van der Waals surface area contributed by atoms with E-state index in [2.05, 4.69) is 15.6 Å². The standard InChI is InChI=1S/C20H19ClF3N5O3/c1-19(9-14(30)29(2)17(28-19)27-18(31)32)10-4-3-5-11(8-10)26-16-13(25)7-6-12(21)15(16)20(22,23)24/h3-8,26H,9,25H2,1-2H3,(H,27,28)(H,31,32)/t19-/m0/s1. The molecule has 1 saturated heterocycles. The van der Waals surface area contributed by atoms with Gasteiger partial charge in [0.2, 0.25) is 11.9 Å². The Kier molecular flexibility index (Phi) is 5.96. The summed E-state index contributed by atoms with van der Waals surface area (Å²) in [6.07, 6.45) is -6.27. The highest BCUT2D eigenvalue weighted by molar-refractivity contribution is 6.32. The maximum Gasteiger partial charge on any atom is 0.434 e. The second-order valence-corrected chi connectivity index (χ2v) is 7.80. The highest BCUT2D eigenvalue weighted by Gasteiger charge is 2.40. The van der Waals surface area contributed by atoms with E-state index in [9.17, 15) is 22.8 Å². The molecule has 1 aliphatic rings. The minimum Gasteiger partial charge on any atom is -0.463 e. The van der Waals surface area contributed by atoms with Crippen molar-refractivity contribution < 1.29 is 27.9 Å². The van der Waals surface area contributed by atoms with Gasteiger partial charge in [0.25, 0.3) is 0 Å². The normalized spacial score (nSPS) is 20.2. The summed E-state index contributed by atoms with van der Waals surface area (Å²) in [4.78, 5) is 27.9. The van der Waals surface area contributed by atoms with E-state index in [0.29, 0.717) is 5.56 Å². The Bertz CT molecular complexity index is 1120. The molecule has 12 heteroatoms. The first-order valence-electron chi connectivity index (χ1n) is 9.21. The second-order valence-electron chi connectivity index (χ2n) is 7.39. The van der Waals surface area contributed by atoms with Crippen molar-refractivity contribution in [1.82, 2.24) is 10.2 Å². The van der Waals surface area contributed by atoms with Gasteiger partial charge in [-0.1, -0.05) is 23.7 Å². The number of rotatable bonds is 3. The van der Waals surface area contributed by atoms with Crippen LogP contribution in [0.5, 0.6) is 0 Å². The van der Waals surface area contributed by atoms with Crippen LogP contribution in [-0.2, 0) is 16.5 Å². The third-order valence-corrected chi connectivity index (χ3v) is 5.34. The summed E-state index contributed by atoms with van der Waals surface area (Å²) < 4.78 is 40.7. The van der Waals surface area contributed by atoms with Crippen molar-refractivity contribution in [3.05, 3.63) is 52.5 Å². The van der Waals surface area contributed by atoms with Crippen molar-refractivity contribution in [2.75, 3.05) is 18.1 Å². The van der Waals surface area contributed by atoms with E-state index in [1.54, 1.807) is 19.1 Å². The van der Waals surface area contributed by atoms with Crippen LogP contribution in [0.4, 0.5) is 35.0 Å². The zero-order chi connectivity index (χ0) is 23.8. The molecule has 170 valence electrons. The lowest BCUT2D eigenvalue weighted by Gasteiger charge is -2.40. The molecule has 1 heterocycles. The van der Waals surface area contributed by atoms with E-state index < -0.39 is 34.1 Å². The number of aliphatic imine (C=N–C) groups is 1. The van der Waals surface area contributed by atoms with Gasteiger partial charge in [-0.3, -0.25) is 9.69 Å². The number of nitrogens with zero attached hydrogens (tertiary/aromatic N) is 2. The summed E-state index contributed by atoms with van der Waals surface area (Å²) in [5, 5.41) is 14.1. The molecule has 32 heavy (non-hydrogen) atoms. The molecule has 5 N–H and O–H groups in total. The Balaban J connectivity index is 2.01. The largest absolute Gasteiger partial charge is 0.463 e. The van der Waals surface area contributed by atoms with Crippen molar-refractivity contribution in [2.24, 2.45) is 4.99 Å². The van der Waals surface area contributed by atoms with Crippen molar-refractivity contribution in [1.29, 1.82) is 0 Å². The predicted molar refractivity (Wildman–Crippen MR) is 114 cm³/mol. The molecule has 0 unspecified atom stereocenters. The molecule has 1 fully saturated rings. The third-order valence-electron chi connectivity index (χ3n) is 5.03. The fraction of sp³-hybridized carbons (Fsp3) is 0.250. The number of carboxylic acid groups (broad SMARTS) is 1. The van der Waals surface area contributed by atoms with Gasteiger partial charge in [0.05, 0.1) is 33.9 Å². The van der Waals surface area contributed by atoms with Crippen molar-refractivity contribution in [2.45, 2.75) is 25.1 Å². The Hall–Kier alpha value is -3.47. The number of nitrogens with two attached hydrogens (primary N) is 1. The van der Waals surface area contributed by atoms with Gasteiger partial charge in [-0.05, 0) is 36.8 Å². The summed E-state index contributed by atoms with van der Waals surface area (Å²) in [5.74, 6) is -0.545. The summed E-state index contributed by atoms with van der Waals surface area (Å²) in [6, 6.07) is 8.62. The number of hydrogen-bond donors (Lipinski definition) is 4. The molecule has 2 amide bonds. The zero-order valence-electron chi connectivity index (χ0n) is 16.9. The predicted octanol–water partition coefficient (Wildman–Crippen LogP) is 4.39. The van der Waals surface area contributed by atoms with Crippen LogP contribution in [0, 0.1) is 0 Å². The molecular formula is C20H19ClF3N5O3. The van der Waals surface area contributed by atoms with E-state index in [1.807, 2.05) is 0 Å². The summed E-state index contributed by atoms with van der Waals surface area (Å²) >= 11 is 5.79. The zero-order valence-corrected chi connectivity index (χ0v) is 17.7. The van der Waals surface area contributed by atoms with Crippen molar-refractivity contribution in [3.63, 3.8) is 0 Å². The number of amides is 2. The quantitative estimate of drug-likeness (QED) is 0.495. The van der Waals surface area contributed by atoms with Gasteiger partial charge in [-0.25, -0.2) is 4.79 Å². The second kappa shape index (κ2) is 8.23. The number of hydrogen-bond acceptors (Lipinski definition) is 4. The van der Waals surface area contributed by atoms with Crippen LogP contribution in [-0.4, -0.2) is 35.0 Å². The average Bonchev–Trinajstić information content (AvgIpc) is 2.67. The number of anilines is 3. The lowest BCUT2D eigenvalue weighted by Crippen LogP contribution is -2.58. The lowest BCUT2D eigenvalue weighted by atomic mass is 9.86. The molecule has 1 atom stereocenters. The first-order valence-corrected chi connectivity index (χ1v) is 9.59. The molecule has 0 spiro atoms. The van der Waals surface area contributed by atoms with Crippen LogP contribution in [0.25, 0.3) is 0 Å². The average molecular weight is 470 g/mol. The van der Waals surface area contributed by atoms with Gasteiger partial charge in [-0.15, -0.1) is 4.99 Å². The monoisotopic (exact) mass is 469 g/mol. The van der Waals surface area contributed by atoms with Crippen molar-refractivity contribution >= 4 is 46.6 Å². The molecule has 0 radical (unpaired) electrons. The molecular weight excluding hydrogens is 451 g/mol. The van der Waals surface area contributed by atoms with Crippen LogP contribution in [0.2, 0.25) is 5.02 Å². The van der Waals surface area contributed by atoms with E-state index in [1.165, 1.54) is 25.2 Å². The maximum absolute atomic E-state index is 13.6. The third kappa shape index (κ3) is 4.57. The summed E-state index contributed by atoms with van der Waals surface area (Å²) in [5.41, 5.74) is 3.84. The fourth-order valence-electron chi connectivity index (χ4n) is 3.37. The van der Waals surface area contributed by atoms with E-state index in [-0.39, 0.29) is 29.7 Å². The summed E-state index contributed by atoms with van der Waals surface area (Å²) in [6.45, 7) is 1.66. The topological polar surface area (TPSA) is 120 Å². The fourth-order valence-corrected chi connectivity index (χ4v) is 3.64. The van der Waals surface area contributed by atoms with Gasteiger partial charge in [-0.2, -0.15) is 13.2 Å². The molecule has 0 aliphatic carbocycles. The highest BCUT2D eigenvalue weighted by atomic mass is 35.5. The lowest BCUT2D eigenvalue weighted by molar-refractivity contribution is -0.136. The first kappa shape index (κ1) is 23.2. The molecule has 3 rings (SSSR count). The molecule has 0 saturated carbocycles. The molecule has 0 bridgehead atoms. The number of carbonyl (C=O) groups excluding carboxylic acids is 1. The minimum atomic E-state index is -4.75. The first-order chi connectivity index (χ1) is 14.8. The van der Waals surface area contributed by atoms with Crippen LogP contribution in [0.3, 0.4) is 0 Å². The van der Waals surface area contributed by atoms with Gasteiger partial charge in [0, 0.05) is 12.7 Å². The van der Waals surface area contributed by atoms with Crippen LogP contribution in [0.1, 0.15) is 24.5 Å². The number of guanidine groups is 1. The molecule has 0 aromatic heterocycles. The smallest absolute Gasteiger partial charge is 0.434 e. The van der Waals surface area contributed by atoms with Crippen LogP contribution in [0.15, 0.2) is 41.4 Å². The van der Waals surface area contributed by atoms with Crippen LogP contribution >= 0.6 is 11.6 Å². The highest BCUT2D eigenvalue weighted by Crippen LogP contribution is 2.43. The summed E-state index contributed by atoms with van der Waals surface area (Å²) in [7, 11) is 1.38. The van der Waals surface area contributed by atoms with Crippen LogP contribution < -0.4 is 16.4 Å². The number of benzene rings is 2. The number of nitrogen functional groups attached to an aromatic ring is 1.